The van der Waals surface area contributed by atoms with Gasteiger partial charge in [-0.1, -0.05) is 25.5 Å². The standard InChI is InChI=1S/C16H22ClNO/c1-2-13-4-3-10-18(11-9-13)16(19)15-7-5-14(12-17)6-8-15/h5-8,13H,2-4,9-12H2,1H3. The maximum Gasteiger partial charge on any atom is 0.253 e. The summed E-state index contributed by atoms with van der Waals surface area (Å²) in [5.41, 5.74) is 1.84. The van der Waals surface area contributed by atoms with E-state index in [1.807, 2.05) is 29.2 Å². The van der Waals surface area contributed by atoms with Gasteiger partial charge in [-0.2, -0.15) is 0 Å². The van der Waals surface area contributed by atoms with Crippen LogP contribution in [-0.2, 0) is 5.88 Å². The second-order valence-corrected chi connectivity index (χ2v) is 5.60. The zero-order chi connectivity index (χ0) is 13.7. The lowest BCUT2D eigenvalue weighted by Crippen LogP contribution is -2.32. The summed E-state index contributed by atoms with van der Waals surface area (Å²) in [6.07, 6.45) is 4.75. The predicted octanol–water partition coefficient (Wildman–Crippen LogP) is 4.08. The van der Waals surface area contributed by atoms with E-state index in [1.165, 1.54) is 12.8 Å². The first-order chi connectivity index (χ1) is 9.24. The summed E-state index contributed by atoms with van der Waals surface area (Å²) >= 11 is 5.77. The van der Waals surface area contributed by atoms with E-state index in [9.17, 15) is 4.79 Å². The van der Waals surface area contributed by atoms with Gasteiger partial charge >= 0.3 is 0 Å². The van der Waals surface area contributed by atoms with Crippen LogP contribution in [0.5, 0.6) is 0 Å². The van der Waals surface area contributed by atoms with Gasteiger partial charge in [0.1, 0.15) is 0 Å². The Balaban J connectivity index is 2.01. The first kappa shape index (κ1) is 14.4. The molecule has 0 aromatic heterocycles. The zero-order valence-electron chi connectivity index (χ0n) is 11.6. The minimum atomic E-state index is 0.165. The molecule has 1 aromatic rings. The second kappa shape index (κ2) is 6.95. The van der Waals surface area contributed by atoms with Gasteiger partial charge in [0.05, 0.1) is 0 Å². The summed E-state index contributed by atoms with van der Waals surface area (Å²) in [5.74, 6) is 1.45. The number of alkyl halides is 1. The molecule has 0 spiro atoms. The number of rotatable bonds is 3. The number of halogens is 1. The summed E-state index contributed by atoms with van der Waals surface area (Å²) in [6.45, 7) is 4.04. The highest BCUT2D eigenvalue weighted by Crippen LogP contribution is 2.21. The topological polar surface area (TPSA) is 20.3 Å². The lowest BCUT2D eigenvalue weighted by Gasteiger charge is -2.20. The average Bonchev–Trinajstić information content (AvgIpc) is 2.72. The molecule has 2 nitrogen and oxygen atoms in total. The Labute approximate surface area is 120 Å². The fourth-order valence-corrected chi connectivity index (χ4v) is 2.87. The van der Waals surface area contributed by atoms with E-state index in [1.54, 1.807) is 0 Å². The molecule has 1 amide bonds. The molecule has 0 saturated carbocycles. The van der Waals surface area contributed by atoms with Crippen molar-refractivity contribution in [3.8, 4) is 0 Å². The Bertz CT molecular complexity index is 415. The molecule has 1 unspecified atom stereocenters. The minimum Gasteiger partial charge on any atom is -0.339 e. The van der Waals surface area contributed by atoms with Crippen LogP contribution in [0.15, 0.2) is 24.3 Å². The molecular formula is C16H22ClNO. The van der Waals surface area contributed by atoms with Gasteiger partial charge < -0.3 is 4.90 Å². The number of amides is 1. The zero-order valence-corrected chi connectivity index (χ0v) is 12.3. The van der Waals surface area contributed by atoms with Crippen LogP contribution in [0.25, 0.3) is 0 Å². The van der Waals surface area contributed by atoms with Crippen molar-refractivity contribution < 1.29 is 4.79 Å². The third-order valence-corrected chi connectivity index (χ3v) is 4.38. The molecule has 0 bridgehead atoms. The van der Waals surface area contributed by atoms with Gasteiger partial charge in [0.2, 0.25) is 0 Å². The van der Waals surface area contributed by atoms with Gasteiger partial charge in [0.15, 0.2) is 0 Å². The molecule has 1 fully saturated rings. The monoisotopic (exact) mass is 279 g/mol. The van der Waals surface area contributed by atoms with Crippen molar-refractivity contribution in [1.82, 2.24) is 4.90 Å². The number of carbonyl (C=O) groups excluding carboxylic acids is 1. The Kier molecular flexibility index (Phi) is 5.26. The highest BCUT2D eigenvalue weighted by molar-refractivity contribution is 6.17. The van der Waals surface area contributed by atoms with Crippen molar-refractivity contribution in [2.45, 2.75) is 38.5 Å². The Morgan fingerprint density at radius 1 is 1.26 bits per heavy atom. The molecule has 1 atom stereocenters. The average molecular weight is 280 g/mol. The molecule has 0 N–H and O–H groups in total. The third-order valence-electron chi connectivity index (χ3n) is 4.07. The van der Waals surface area contributed by atoms with E-state index < -0.39 is 0 Å². The number of hydrogen-bond donors (Lipinski definition) is 0. The van der Waals surface area contributed by atoms with Crippen LogP contribution in [0.4, 0.5) is 0 Å². The smallest absolute Gasteiger partial charge is 0.253 e. The van der Waals surface area contributed by atoms with Crippen molar-refractivity contribution >= 4 is 17.5 Å². The molecule has 0 aliphatic carbocycles. The first-order valence-corrected chi connectivity index (χ1v) is 7.72. The van der Waals surface area contributed by atoms with Gasteiger partial charge in [0.25, 0.3) is 5.91 Å². The predicted molar refractivity (Wildman–Crippen MR) is 79.5 cm³/mol. The van der Waals surface area contributed by atoms with Crippen molar-refractivity contribution in [3.05, 3.63) is 35.4 Å². The summed E-state index contributed by atoms with van der Waals surface area (Å²) in [6, 6.07) is 7.66. The molecular weight excluding hydrogens is 258 g/mol. The van der Waals surface area contributed by atoms with E-state index in [2.05, 4.69) is 6.92 Å². The lowest BCUT2D eigenvalue weighted by atomic mass is 9.98. The molecule has 104 valence electrons. The van der Waals surface area contributed by atoms with Crippen molar-refractivity contribution in [2.24, 2.45) is 5.92 Å². The first-order valence-electron chi connectivity index (χ1n) is 7.18. The summed E-state index contributed by atoms with van der Waals surface area (Å²) in [4.78, 5) is 14.4. The van der Waals surface area contributed by atoms with Crippen molar-refractivity contribution in [3.63, 3.8) is 0 Å². The maximum atomic E-state index is 12.4. The van der Waals surface area contributed by atoms with E-state index in [0.717, 1.165) is 43.0 Å². The second-order valence-electron chi connectivity index (χ2n) is 5.33. The molecule has 1 saturated heterocycles. The number of nitrogens with zero attached hydrogens (tertiary/aromatic N) is 1. The largest absolute Gasteiger partial charge is 0.339 e. The molecule has 1 aliphatic rings. The number of carbonyl (C=O) groups is 1. The maximum absolute atomic E-state index is 12.4. The fraction of sp³-hybridized carbons (Fsp3) is 0.562. The number of likely N-dealkylation sites (tertiary alicyclic amines) is 1. The molecule has 1 aliphatic heterocycles. The van der Waals surface area contributed by atoms with Crippen LogP contribution in [0.1, 0.15) is 48.5 Å². The quantitative estimate of drug-likeness (QED) is 0.764. The van der Waals surface area contributed by atoms with Crippen LogP contribution in [0.2, 0.25) is 0 Å². The molecule has 1 aromatic carbocycles. The fourth-order valence-electron chi connectivity index (χ4n) is 2.70. The normalized spacial score (nSPS) is 20.1. The lowest BCUT2D eigenvalue weighted by molar-refractivity contribution is 0.0760. The van der Waals surface area contributed by atoms with Crippen molar-refractivity contribution in [2.75, 3.05) is 13.1 Å². The van der Waals surface area contributed by atoms with E-state index >= 15 is 0 Å². The van der Waals surface area contributed by atoms with E-state index in [-0.39, 0.29) is 5.91 Å². The van der Waals surface area contributed by atoms with Crippen molar-refractivity contribution in [1.29, 1.82) is 0 Å². The number of hydrogen-bond acceptors (Lipinski definition) is 1. The molecule has 1 heterocycles. The summed E-state index contributed by atoms with van der Waals surface area (Å²) in [5, 5.41) is 0. The van der Waals surface area contributed by atoms with Crippen LogP contribution in [-0.4, -0.2) is 23.9 Å². The van der Waals surface area contributed by atoms with Crippen LogP contribution in [0.3, 0.4) is 0 Å². The Morgan fingerprint density at radius 2 is 2.00 bits per heavy atom. The summed E-state index contributed by atoms with van der Waals surface area (Å²) in [7, 11) is 0. The Hall–Kier alpha value is -1.02. The molecule has 3 heteroatoms. The van der Waals surface area contributed by atoms with E-state index in [4.69, 9.17) is 11.6 Å². The molecule has 19 heavy (non-hydrogen) atoms. The minimum absolute atomic E-state index is 0.165. The highest BCUT2D eigenvalue weighted by Gasteiger charge is 2.20. The highest BCUT2D eigenvalue weighted by atomic mass is 35.5. The van der Waals surface area contributed by atoms with Gasteiger partial charge in [-0.15, -0.1) is 11.6 Å². The van der Waals surface area contributed by atoms with Gasteiger partial charge in [-0.3, -0.25) is 4.79 Å². The number of benzene rings is 1. The van der Waals surface area contributed by atoms with Gasteiger partial charge in [0, 0.05) is 24.5 Å². The van der Waals surface area contributed by atoms with Crippen LogP contribution >= 0.6 is 11.6 Å². The van der Waals surface area contributed by atoms with Crippen LogP contribution < -0.4 is 0 Å². The van der Waals surface area contributed by atoms with E-state index in [0.29, 0.717) is 5.88 Å². The molecule has 2 rings (SSSR count). The molecule has 0 radical (unpaired) electrons. The SMILES string of the molecule is CCC1CCCN(C(=O)c2ccc(CCl)cc2)CC1. The third kappa shape index (κ3) is 3.73. The van der Waals surface area contributed by atoms with Gasteiger partial charge in [-0.25, -0.2) is 0 Å². The Morgan fingerprint density at radius 3 is 2.63 bits per heavy atom. The van der Waals surface area contributed by atoms with Crippen LogP contribution in [0, 0.1) is 5.92 Å². The summed E-state index contributed by atoms with van der Waals surface area (Å²) < 4.78 is 0. The van der Waals surface area contributed by atoms with Gasteiger partial charge in [-0.05, 0) is 42.9 Å².